The third-order valence-corrected chi connectivity index (χ3v) is 3.01. The van der Waals surface area contributed by atoms with Gasteiger partial charge in [-0.15, -0.1) is 0 Å². The molecule has 0 spiro atoms. The largest absolute Gasteiger partial charge is 0.507 e. The third-order valence-electron chi connectivity index (χ3n) is 3.01. The lowest BCUT2D eigenvalue weighted by molar-refractivity contribution is 0.473. The molecule has 3 nitrogen and oxygen atoms in total. The van der Waals surface area contributed by atoms with Crippen LogP contribution in [0.2, 0.25) is 0 Å². The summed E-state index contributed by atoms with van der Waals surface area (Å²) >= 11 is 0. The van der Waals surface area contributed by atoms with E-state index in [1.165, 1.54) is 0 Å². The average Bonchev–Trinajstić information content (AvgIpc) is 2.89. The molecule has 3 rings (SSSR count). The maximum absolute atomic E-state index is 9.92. The Morgan fingerprint density at radius 1 is 0.650 bits per heavy atom. The maximum Gasteiger partial charge on any atom is 0.145 e. The van der Waals surface area contributed by atoms with Gasteiger partial charge in [-0.3, -0.25) is 0 Å². The van der Waals surface area contributed by atoms with Crippen molar-refractivity contribution < 1.29 is 14.6 Å². The minimum absolute atomic E-state index is 0. The molecule has 0 aliphatic heterocycles. The van der Waals surface area contributed by atoms with E-state index in [4.69, 9.17) is 4.42 Å². The highest BCUT2D eigenvalue weighted by molar-refractivity contribution is 5.84. The number of phenolic OH excluding ortho intramolecular Hbond substituents is 2. The van der Waals surface area contributed by atoms with Gasteiger partial charge >= 0.3 is 0 Å². The third kappa shape index (κ3) is 2.26. The van der Waals surface area contributed by atoms with Gasteiger partial charge in [-0.2, -0.15) is 0 Å². The van der Waals surface area contributed by atoms with Gasteiger partial charge in [0.05, 0.1) is 11.8 Å². The zero-order valence-corrected chi connectivity index (χ0v) is 10.1. The number of benzene rings is 2. The van der Waals surface area contributed by atoms with Crippen molar-refractivity contribution in [1.82, 2.24) is 0 Å². The van der Waals surface area contributed by atoms with Gasteiger partial charge in [0.15, 0.2) is 0 Å². The van der Waals surface area contributed by atoms with Crippen LogP contribution in [0.3, 0.4) is 0 Å². The summed E-state index contributed by atoms with van der Waals surface area (Å²) in [7, 11) is 0. The van der Waals surface area contributed by atoms with E-state index in [1.807, 2.05) is 18.2 Å². The van der Waals surface area contributed by atoms with Crippen molar-refractivity contribution >= 4 is 0 Å². The summed E-state index contributed by atoms with van der Waals surface area (Å²) in [6, 6.07) is 15.8. The SMILES string of the molecule is C.Oc1ccccc1-c1ccoc1-c1ccccc1O. The van der Waals surface area contributed by atoms with Crippen molar-refractivity contribution in [2.45, 2.75) is 7.43 Å². The summed E-state index contributed by atoms with van der Waals surface area (Å²) in [4.78, 5) is 0. The molecule has 3 aromatic rings. The molecule has 1 heterocycles. The number of hydrogen-bond donors (Lipinski definition) is 2. The van der Waals surface area contributed by atoms with Gasteiger partial charge in [0.1, 0.15) is 17.3 Å². The van der Waals surface area contributed by atoms with E-state index in [9.17, 15) is 10.2 Å². The molecule has 0 saturated heterocycles. The second kappa shape index (κ2) is 5.53. The molecular formula is C17H16O3. The molecule has 0 unspecified atom stereocenters. The van der Waals surface area contributed by atoms with Crippen molar-refractivity contribution in [1.29, 1.82) is 0 Å². The Kier molecular flexibility index (Phi) is 3.80. The van der Waals surface area contributed by atoms with Crippen molar-refractivity contribution in [3.8, 4) is 33.9 Å². The molecule has 2 aromatic carbocycles. The zero-order chi connectivity index (χ0) is 13.2. The van der Waals surface area contributed by atoms with E-state index in [0.29, 0.717) is 16.9 Å². The summed E-state index contributed by atoms with van der Waals surface area (Å²) in [5, 5.41) is 19.8. The number of para-hydroxylation sites is 2. The van der Waals surface area contributed by atoms with Gasteiger partial charge < -0.3 is 14.6 Å². The van der Waals surface area contributed by atoms with Crippen LogP contribution in [0, 0.1) is 0 Å². The first-order valence-corrected chi connectivity index (χ1v) is 5.91. The molecule has 0 aliphatic carbocycles. The Morgan fingerprint density at radius 2 is 1.20 bits per heavy atom. The highest BCUT2D eigenvalue weighted by Gasteiger charge is 2.15. The lowest BCUT2D eigenvalue weighted by Gasteiger charge is -2.06. The van der Waals surface area contributed by atoms with E-state index in [-0.39, 0.29) is 18.9 Å². The number of hydrogen-bond acceptors (Lipinski definition) is 3. The minimum atomic E-state index is 0. The predicted molar refractivity (Wildman–Crippen MR) is 79.6 cm³/mol. The Balaban J connectivity index is 0.00000147. The van der Waals surface area contributed by atoms with E-state index in [1.54, 1.807) is 42.7 Å². The highest BCUT2D eigenvalue weighted by atomic mass is 16.3. The molecule has 1 aromatic heterocycles. The molecule has 3 heteroatoms. The Hall–Kier alpha value is -2.68. The topological polar surface area (TPSA) is 53.6 Å². The number of phenols is 2. The molecule has 102 valence electrons. The Labute approximate surface area is 117 Å². The molecule has 0 fully saturated rings. The van der Waals surface area contributed by atoms with Crippen LogP contribution >= 0.6 is 0 Å². The number of rotatable bonds is 2. The van der Waals surface area contributed by atoms with Gasteiger partial charge in [0.25, 0.3) is 0 Å². The first-order valence-electron chi connectivity index (χ1n) is 5.91. The Bertz CT molecular complexity index is 654. The standard InChI is InChI=1S/C16H12O3.CH4/c17-14-7-3-1-5-11(14)12-9-10-19-16(12)13-6-2-4-8-15(13)18;/h1-10,17-18H;1H4. The van der Waals surface area contributed by atoms with E-state index >= 15 is 0 Å². The van der Waals surface area contributed by atoms with Gasteiger partial charge in [-0.25, -0.2) is 0 Å². The van der Waals surface area contributed by atoms with E-state index in [0.717, 1.165) is 5.56 Å². The van der Waals surface area contributed by atoms with Crippen LogP contribution in [0.1, 0.15) is 7.43 Å². The average molecular weight is 268 g/mol. The first-order chi connectivity index (χ1) is 9.27. The van der Waals surface area contributed by atoms with Crippen LogP contribution in [-0.2, 0) is 0 Å². The smallest absolute Gasteiger partial charge is 0.145 e. The molecule has 0 atom stereocenters. The molecule has 2 N–H and O–H groups in total. The van der Waals surface area contributed by atoms with Gasteiger partial charge in [-0.1, -0.05) is 37.8 Å². The fraction of sp³-hybridized carbons (Fsp3) is 0.0588. The van der Waals surface area contributed by atoms with Gasteiger partial charge in [0, 0.05) is 11.1 Å². The summed E-state index contributed by atoms with van der Waals surface area (Å²) in [5.74, 6) is 0.870. The second-order valence-corrected chi connectivity index (χ2v) is 4.20. The monoisotopic (exact) mass is 268 g/mol. The normalized spacial score (nSPS) is 10.0. The highest BCUT2D eigenvalue weighted by Crippen LogP contribution is 2.40. The van der Waals surface area contributed by atoms with Gasteiger partial charge in [-0.05, 0) is 24.3 Å². The molecule has 0 saturated carbocycles. The fourth-order valence-electron chi connectivity index (χ4n) is 2.10. The van der Waals surface area contributed by atoms with Crippen molar-refractivity contribution in [2.24, 2.45) is 0 Å². The van der Waals surface area contributed by atoms with Crippen molar-refractivity contribution in [3.05, 3.63) is 60.9 Å². The molecule has 20 heavy (non-hydrogen) atoms. The first kappa shape index (κ1) is 13.7. The molecule has 0 amide bonds. The quantitative estimate of drug-likeness (QED) is 0.710. The maximum atomic E-state index is 9.92. The fourth-order valence-corrected chi connectivity index (χ4v) is 2.10. The zero-order valence-electron chi connectivity index (χ0n) is 10.1. The number of aromatic hydroxyl groups is 2. The minimum Gasteiger partial charge on any atom is -0.507 e. The predicted octanol–water partition coefficient (Wildman–Crippen LogP) is 4.66. The summed E-state index contributed by atoms with van der Waals surface area (Å²) < 4.78 is 5.47. The second-order valence-electron chi connectivity index (χ2n) is 4.20. The van der Waals surface area contributed by atoms with Crippen LogP contribution in [0.15, 0.2) is 65.3 Å². The summed E-state index contributed by atoms with van der Waals surface area (Å²) in [6.07, 6.45) is 1.55. The van der Waals surface area contributed by atoms with E-state index in [2.05, 4.69) is 0 Å². The van der Waals surface area contributed by atoms with Crippen molar-refractivity contribution in [2.75, 3.05) is 0 Å². The summed E-state index contributed by atoms with van der Waals surface area (Å²) in [5.41, 5.74) is 2.03. The van der Waals surface area contributed by atoms with Crippen LogP contribution in [0.5, 0.6) is 11.5 Å². The van der Waals surface area contributed by atoms with Crippen molar-refractivity contribution in [3.63, 3.8) is 0 Å². The number of furan rings is 1. The lowest BCUT2D eigenvalue weighted by atomic mass is 10.0. The van der Waals surface area contributed by atoms with E-state index < -0.39 is 0 Å². The van der Waals surface area contributed by atoms with Crippen LogP contribution < -0.4 is 0 Å². The van der Waals surface area contributed by atoms with Crippen LogP contribution in [0.4, 0.5) is 0 Å². The molecule has 0 radical (unpaired) electrons. The lowest BCUT2D eigenvalue weighted by Crippen LogP contribution is -1.81. The molecule has 0 aliphatic rings. The summed E-state index contributed by atoms with van der Waals surface area (Å²) in [6.45, 7) is 0. The van der Waals surface area contributed by atoms with Gasteiger partial charge in [0.2, 0.25) is 0 Å². The molecule has 0 bridgehead atoms. The Morgan fingerprint density at radius 3 is 1.80 bits per heavy atom. The molecular weight excluding hydrogens is 252 g/mol. The van der Waals surface area contributed by atoms with Crippen LogP contribution in [-0.4, -0.2) is 10.2 Å². The van der Waals surface area contributed by atoms with Crippen LogP contribution in [0.25, 0.3) is 22.5 Å².